The maximum absolute atomic E-state index is 4.19. The zero-order valence-electron chi connectivity index (χ0n) is 19.5. The summed E-state index contributed by atoms with van der Waals surface area (Å²) in [4.78, 5) is 0. The van der Waals surface area contributed by atoms with Crippen molar-refractivity contribution in [1.82, 2.24) is 9.13 Å². The predicted octanol–water partition coefficient (Wildman–Crippen LogP) is 8.71. The maximum atomic E-state index is 4.19. The lowest BCUT2D eigenvalue weighted by Gasteiger charge is -2.13. The molecule has 0 saturated heterocycles. The van der Waals surface area contributed by atoms with Crippen LogP contribution in [0.1, 0.15) is 23.7 Å². The number of hydrogen-bond acceptors (Lipinski definition) is 0. The molecule has 2 heteroatoms. The van der Waals surface area contributed by atoms with Crippen LogP contribution < -0.4 is 0 Å². The molecule has 0 saturated carbocycles. The van der Waals surface area contributed by atoms with Crippen LogP contribution in [-0.4, -0.2) is 9.13 Å². The van der Waals surface area contributed by atoms with E-state index in [4.69, 9.17) is 0 Å². The molecule has 4 aromatic carbocycles. The van der Waals surface area contributed by atoms with Crippen molar-refractivity contribution >= 4 is 44.9 Å². The molecule has 0 aliphatic carbocycles. The number of allylic oxidation sites excluding steroid dienone is 1. The standard InChI is InChI=1S/C32H26N2/c1-4-12-29-25(5-2)27-19-20-28-26-17-9-10-18-30(26)34(24-16-11-13-22(3)21-24)32(28)31(27)33(29)23-14-7-6-8-15-23/h4-21H,2H2,1,3H3/b12-4-. The highest BCUT2D eigenvalue weighted by molar-refractivity contribution is 6.19. The molecular weight excluding hydrogens is 412 g/mol. The molecule has 2 heterocycles. The van der Waals surface area contributed by atoms with Gasteiger partial charge in [-0.3, -0.25) is 0 Å². The third-order valence-electron chi connectivity index (χ3n) is 6.64. The van der Waals surface area contributed by atoms with Crippen LogP contribution in [0.3, 0.4) is 0 Å². The van der Waals surface area contributed by atoms with Gasteiger partial charge in [-0.25, -0.2) is 0 Å². The van der Waals surface area contributed by atoms with Crippen LogP contribution in [0, 0.1) is 6.92 Å². The molecule has 0 bridgehead atoms. The molecule has 2 nitrogen and oxygen atoms in total. The van der Waals surface area contributed by atoms with Gasteiger partial charge in [-0.15, -0.1) is 0 Å². The highest BCUT2D eigenvalue weighted by Gasteiger charge is 2.22. The average molecular weight is 439 g/mol. The molecule has 0 radical (unpaired) electrons. The number of fused-ring (bicyclic) bond motifs is 5. The number of hydrogen-bond donors (Lipinski definition) is 0. The summed E-state index contributed by atoms with van der Waals surface area (Å²) < 4.78 is 4.81. The number of benzene rings is 4. The van der Waals surface area contributed by atoms with E-state index in [1.807, 2.05) is 6.08 Å². The minimum atomic E-state index is 1.14. The minimum absolute atomic E-state index is 1.14. The Bertz CT molecular complexity index is 1730. The number of rotatable bonds is 4. The van der Waals surface area contributed by atoms with E-state index < -0.39 is 0 Å². The number of aryl methyl sites for hydroxylation is 1. The molecule has 0 N–H and O–H groups in total. The summed E-state index contributed by atoms with van der Waals surface area (Å²) in [5.74, 6) is 0. The van der Waals surface area contributed by atoms with Crippen LogP contribution in [0.15, 0.2) is 104 Å². The van der Waals surface area contributed by atoms with Gasteiger partial charge in [0.25, 0.3) is 0 Å². The van der Waals surface area contributed by atoms with E-state index in [9.17, 15) is 0 Å². The topological polar surface area (TPSA) is 9.86 Å². The van der Waals surface area contributed by atoms with Crippen LogP contribution in [0.4, 0.5) is 0 Å². The fraction of sp³-hybridized carbons (Fsp3) is 0.0625. The SMILES string of the molecule is C=Cc1c(/C=C\C)n(-c2ccccc2)c2c1ccc1c3ccccc3n(-c3cccc(C)c3)c12. The van der Waals surface area contributed by atoms with Crippen LogP contribution in [0.25, 0.3) is 56.2 Å². The van der Waals surface area contributed by atoms with Crippen molar-refractivity contribution in [1.29, 1.82) is 0 Å². The zero-order chi connectivity index (χ0) is 23.2. The Morgan fingerprint density at radius 2 is 1.38 bits per heavy atom. The molecule has 6 aromatic rings. The first-order valence-corrected chi connectivity index (χ1v) is 11.7. The summed E-state index contributed by atoms with van der Waals surface area (Å²) in [5.41, 5.74) is 9.48. The van der Waals surface area contributed by atoms with Crippen molar-refractivity contribution in [3.05, 3.63) is 120 Å². The van der Waals surface area contributed by atoms with Gasteiger partial charge in [-0.1, -0.05) is 79.4 Å². The zero-order valence-corrected chi connectivity index (χ0v) is 19.5. The summed E-state index contributed by atoms with van der Waals surface area (Å²) in [6.07, 6.45) is 6.28. The number of aromatic nitrogens is 2. The van der Waals surface area contributed by atoms with E-state index in [0.29, 0.717) is 0 Å². The third-order valence-corrected chi connectivity index (χ3v) is 6.64. The lowest BCUT2D eigenvalue weighted by Crippen LogP contribution is -2.00. The quantitative estimate of drug-likeness (QED) is 0.260. The molecule has 164 valence electrons. The summed E-state index contributed by atoms with van der Waals surface area (Å²) in [5, 5.41) is 3.72. The number of nitrogens with zero attached hydrogens (tertiary/aromatic N) is 2. The Labute approximate surface area is 199 Å². The highest BCUT2D eigenvalue weighted by Crippen LogP contribution is 2.41. The van der Waals surface area contributed by atoms with E-state index in [2.05, 4.69) is 133 Å². The fourth-order valence-corrected chi connectivity index (χ4v) is 5.28. The van der Waals surface area contributed by atoms with Gasteiger partial charge < -0.3 is 9.13 Å². The van der Waals surface area contributed by atoms with E-state index in [-0.39, 0.29) is 0 Å². The highest BCUT2D eigenvalue weighted by atomic mass is 15.0. The van der Waals surface area contributed by atoms with Crippen molar-refractivity contribution in [2.75, 3.05) is 0 Å². The maximum Gasteiger partial charge on any atom is 0.0788 e. The molecule has 34 heavy (non-hydrogen) atoms. The first kappa shape index (κ1) is 20.3. The Kier molecular flexibility index (Phi) is 4.74. The normalized spacial score (nSPS) is 11.8. The van der Waals surface area contributed by atoms with Crippen LogP contribution >= 0.6 is 0 Å². The predicted molar refractivity (Wildman–Crippen MR) is 147 cm³/mol. The van der Waals surface area contributed by atoms with Crippen molar-refractivity contribution in [2.24, 2.45) is 0 Å². The van der Waals surface area contributed by atoms with Crippen LogP contribution in [-0.2, 0) is 0 Å². The van der Waals surface area contributed by atoms with Gasteiger partial charge in [0.15, 0.2) is 0 Å². The van der Waals surface area contributed by atoms with Crippen molar-refractivity contribution in [3.63, 3.8) is 0 Å². The Morgan fingerprint density at radius 3 is 2.15 bits per heavy atom. The monoisotopic (exact) mass is 438 g/mol. The second-order valence-electron chi connectivity index (χ2n) is 8.72. The Balaban J connectivity index is 1.93. The van der Waals surface area contributed by atoms with Crippen LogP contribution in [0.5, 0.6) is 0 Å². The molecule has 0 unspecified atom stereocenters. The lowest BCUT2D eigenvalue weighted by molar-refractivity contribution is 1.10. The molecule has 0 amide bonds. The summed E-state index contributed by atoms with van der Waals surface area (Å²) >= 11 is 0. The van der Waals surface area contributed by atoms with E-state index in [1.54, 1.807) is 0 Å². The Morgan fingerprint density at radius 1 is 0.676 bits per heavy atom. The summed E-state index contributed by atoms with van der Waals surface area (Å²) in [6, 6.07) is 32.6. The van der Waals surface area contributed by atoms with Gasteiger partial charge in [0.2, 0.25) is 0 Å². The molecule has 0 aliphatic heterocycles. The van der Waals surface area contributed by atoms with Crippen molar-refractivity contribution in [2.45, 2.75) is 13.8 Å². The second-order valence-corrected chi connectivity index (χ2v) is 8.72. The molecule has 0 atom stereocenters. The first-order chi connectivity index (χ1) is 16.7. The largest absolute Gasteiger partial charge is 0.307 e. The average Bonchev–Trinajstić information content (AvgIpc) is 3.37. The van der Waals surface area contributed by atoms with Gasteiger partial charge in [0.1, 0.15) is 0 Å². The summed E-state index contributed by atoms with van der Waals surface area (Å²) in [7, 11) is 0. The smallest absolute Gasteiger partial charge is 0.0788 e. The molecule has 0 fully saturated rings. The van der Waals surface area contributed by atoms with Crippen molar-refractivity contribution in [3.8, 4) is 11.4 Å². The van der Waals surface area contributed by atoms with E-state index in [0.717, 1.165) is 16.9 Å². The van der Waals surface area contributed by atoms with Gasteiger partial charge in [-0.05, 0) is 55.8 Å². The second kappa shape index (κ2) is 7.93. The first-order valence-electron chi connectivity index (χ1n) is 11.7. The molecule has 0 spiro atoms. The lowest BCUT2D eigenvalue weighted by atomic mass is 10.1. The molecular formula is C32H26N2. The van der Waals surface area contributed by atoms with Crippen molar-refractivity contribution < 1.29 is 0 Å². The Hall–Kier alpha value is -4.30. The van der Waals surface area contributed by atoms with Gasteiger partial charge >= 0.3 is 0 Å². The van der Waals surface area contributed by atoms with Gasteiger partial charge in [0.05, 0.1) is 22.2 Å². The number of para-hydroxylation sites is 2. The minimum Gasteiger partial charge on any atom is -0.307 e. The fourth-order valence-electron chi connectivity index (χ4n) is 5.28. The van der Waals surface area contributed by atoms with E-state index >= 15 is 0 Å². The van der Waals surface area contributed by atoms with E-state index in [1.165, 1.54) is 44.0 Å². The molecule has 2 aromatic heterocycles. The summed E-state index contributed by atoms with van der Waals surface area (Å²) in [6.45, 7) is 8.41. The molecule has 6 rings (SSSR count). The third kappa shape index (κ3) is 2.89. The molecule has 0 aliphatic rings. The van der Waals surface area contributed by atoms with Gasteiger partial charge in [0, 0.05) is 33.1 Å². The van der Waals surface area contributed by atoms with Gasteiger partial charge in [-0.2, -0.15) is 0 Å². The van der Waals surface area contributed by atoms with Crippen LogP contribution in [0.2, 0.25) is 0 Å².